The number of hydrogen-bond acceptors (Lipinski definition) is 8. The zero-order valence-electron chi connectivity index (χ0n) is 23.7. The molecule has 4 fully saturated rings. The van der Waals surface area contributed by atoms with Gasteiger partial charge in [0.15, 0.2) is 6.23 Å². The van der Waals surface area contributed by atoms with Gasteiger partial charge in [-0.2, -0.15) is 0 Å². The van der Waals surface area contributed by atoms with Crippen LogP contribution in [0.3, 0.4) is 0 Å². The molecule has 0 amide bonds. The molecule has 2 aromatic carbocycles. The number of hydrogen-bond donors (Lipinski definition) is 2. The van der Waals surface area contributed by atoms with Crippen LogP contribution < -0.4 is 21.6 Å². The van der Waals surface area contributed by atoms with E-state index in [-0.39, 0.29) is 25.4 Å². The first-order valence-electron chi connectivity index (χ1n) is 14.6. The number of nitrogens with zero attached hydrogens (tertiary/aromatic N) is 2. The van der Waals surface area contributed by atoms with Crippen LogP contribution in [0.4, 0.5) is 0 Å². The van der Waals surface area contributed by atoms with Gasteiger partial charge in [0.1, 0.15) is 25.9 Å². The smallest absolute Gasteiger partial charge is 0.330 e. The monoisotopic (exact) mass is 609 g/mol. The average Bonchev–Trinajstić information content (AvgIpc) is 3.77. The number of aliphatic hydroxyl groups is 1. The van der Waals surface area contributed by atoms with E-state index in [1.807, 2.05) is 0 Å². The lowest BCUT2D eigenvalue weighted by atomic mass is 10.0. The zero-order valence-corrected chi connectivity index (χ0v) is 25.6. The van der Waals surface area contributed by atoms with Crippen molar-refractivity contribution in [3.8, 4) is 0 Å². The van der Waals surface area contributed by atoms with E-state index in [4.69, 9.17) is 18.5 Å². The van der Waals surface area contributed by atoms with Crippen molar-refractivity contribution in [2.75, 3.05) is 19.8 Å². The van der Waals surface area contributed by atoms with Crippen molar-refractivity contribution in [2.24, 2.45) is 0 Å². The molecule has 0 spiro atoms. The van der Waals surface area contributed by atoms with Crippen LogP contribution in [-0.4, -0.2) is 77.1 Å². The van der Waals surface area contributed by atoms with E-state index in [9.17, 15) is 14.7 Å². The molecule has 7 atom stereocenters. The molecule has 0 radical (unpaired) electrons. The number of aromatic amines is 1. The molecule has 12 heteroatoms. The van der Waals surface area contributed by atoms with Gasteiger partial charge in [0, 0.05) is 24.3 Å². The van der Waals surface area contributed by atoms with Gasteiger partial charge in [0.25, 0.3) is 14.1 Å². The van der Waals surface area contributed by atoms with Crippen LogP contribution in [0.15, 0.2) is 76.4 Å². The van der Waals surface area contributed by atoms with E-state index in [0.717, 1.165) is 25.4 Å². The third-order valence-electron chi connectivity index (χ3n) is 9.43. The minimum Gasteiger partial charge on any atom is -0.393 e. The summed E-state index contributed by atoms with van der Waals surface area (Å²) in [4.78, 5) is 27.0. The summed E-state index contributed by atoms with van der Waals surface area (Å²) in [6.45, 7) is 4.76. The summed E-state index contributed by atoms with van der Waals surface area (Å²) in [7, 11) is -3.61. The normalized spacial score (nSPS) is 32.5. The molecule has 0 saturated carbocycles. The quantitative estimate of drug-likeness (QED) is 0.294. The van der Waals surface area contributed by atoms with Gasteiger partial charge in [-0.05, 0) is 25.8 Å². The van der Waals surface area contributed by atoms with Gasteiger partial charge in [0.05, 0.1) is 19.3 Å². The van der Waals surface area contributed by atoms with Crippen molar-refractivity contribution in [2.45, 2.75) is 68.5 Å². The second-order valence-corrected chi connectivity index (χ2v) is 17.7. The van der Waals surface area contributed by atoms with Crippen LogP contribution in [0.1, 0.15) is 24.6 Å². The van der Waals surface area contributed by atoms with Crippen molar-refractivity contribution >= 4 is 27.0 Å². The third-order valence-corrected chi connectivity index (χ3v) is 15.6. The summed E-state index contributed by atoms with van der Waals surface area (Å²) >= 11 is 0. The van der Waals surface area contributed by atoms with Crippen LogP contribution >= 0.6 is 8.53 Å². The fraction of sp³-hybridized carbons (Fsp3) is 0.467. The molecule has 1 aromatic heterocycles. The van der Waals surface area contributed by atoms with Gasteiger partial charge in [-0.3, -0.25) is 14.3 Å². The van der Waals surface area contributed by atoms with Crippen molar-refractivity contribution in [1.29, 1.82) is 0 Å². The number of aliphatic hydroxyl groups excluding tert-OH is 1. The molecule has 2 bridgehead atoms. The fourth-order valence-electron chi connectivity index (χ4n) is 7.04. The minimum atomic E-state index is -2.16. The summed E-state index contributed by atoms with van der Waals surface area (Å²) in [5.74, 6) is 0. The summed E-state index contributed by atoms with van der Waals surface area (Å²) in [6.07, 6.45) is 1.48. The highest BCUT2D eigenvalue weighted by molar-refractivity contribution is 7.45. The van der Waals surface area contributed by atoms with Gasteiger partial charge in [0.2, 0.25) is 0 Å². The summed E-state index contributed by atoms with van der Waals surface area (Å²) in [6, 6.07) is 22.8. The Bertz CT molecular complexity index is 1520. The molecule has 0 aliphatic carbocycles. The number of fused-ring (bicyclic) bond motifs is 3. The lowest BCUT2D eigenvalue weighted by molar-refractivity contribution is -0.187. The number of rotatable bonds is 8. The largest absolute Gasteiger partial charge is 0.393 e. The molecule has 222 valence electrons. The maximum Gasteiger partial charge on any atom is 0.330 e. The van der Waals surface area contributed by atoms with Crippen molar-refractivity contribution in [1.82, 2.24) is 14.2 Å². The van der Waals surface area contributed by atoms with Gasteiger partial charge in [-0.15, -0.1) is 0 Å². The molecule has 4 saturated heterocycles. The number of H-pyrrole nitrogens is 1. The van der Waals surface area contributed by atoms with Gasteiger partial charge in [-0.25, -0.2) is 9.46 Å². The summed E-state index contributed by atoms with van der Waals surface area (Å²) in [5, 5.41) is 13.2. The summed E-state index contributed by atoms with van der Waals surface area (Å²) < 4.78 is 29.7. The Kier molecular flexibility index (Phi) is 7.35. The maximum atomic E-state index is 12.7. The Morgan fingerprint density at radius 1 is 1.12 bits per heavy atom. The Morgan fingerprint density at radius 3 is 2.48 bits per heavy atom. The van der Waals surface area contributed by atoms with Crippen molar-refractivity contribution < 1.29 is 23.6 Å². The van der Waals surface area contributed by atoms with E-state index in [2.05, 4.69) is 76.9 Å². The Labute approximate surface area is 246 Å². The van der Waals surface area contributed by atoms with E-state index >= 15 is 0 Å². The van der Waals surface area contributed by atoms with Gasteiger partial charge in [-0.1, -0.05) is 77.6 Å². The van der Waals surface area contributed by atoms with Gasteiger partial charge < -0.3 is 23.6 Å². The molecule has 3 aromatic rings. The lowest BCUT2D eigenvalue weighted by Crippen LogP contribution is -2.58. The molecular formula is C30H36N3O7PSi. The topological polar surface area (TPSA) is 115 Å². The lowest BCUT2D eigenvalue weighted by Gasteiger charge is -2.32. The molecule has 4 aliphatic rings. The predicted molar refractivity (Wildman–Crippen MR) is 161 cm³/mol. The first-order chi connectivity index (χ1) is 20.3. The van der Waals surface area contributed by atoms with Crippen LogP contribution in [-0.2, 0) is 18.5 Å². The zero-order chi connectivity index (χ0) is 29.1. The second-order valence-electron chi connectivity index (χ2n) is 12.0. The number of aromatic nitrogens is 2. The Hall–Kier alpha value is -2.47. The Morgan fingerprint density at radius 2 is 1.81 bits per heavy atom. The number of benzene rings is 2. The SMILES string of the molecule is Cc1cn([C@@H]2O[C@]3(CO)CO[C@H]2C3O[P@@]2O[C@H](C[Si](C)(c3ccccc3)c3ccccc3)[C@@H]3CCCN32)c(=O)[nH]c1=O. The van der Waals surface area contributed by atoms with E-state index in [1.165, 1.54) is 21.1 Å². The van der Waals surface area contributed by atoms with E-state index < -0.39 is 51.9 Å². The summed E-state index contributed by atoms with van der Waals surface area (Å²) in [5.41, 5.74) is -1.78. The molecule has 5 heterocycles. The number of nitrogens with one attached hydrogen (secondary N) is 1. The number of aryl methyl sites for hydroxylation is 1. The Balaban J connectivity index is 1.16. The predicted octanol–water partition coefficient (Wildman–Crippen LogP) is 1.87. The minimum absolute atomic E-state index is 0.00178. The molecule has 2 N–H and O–H groups in total. The van der Waals surface area contributed by atoms with Crippen LogP contribution in [0.5, 0.6) is 0 Å². The molecule has 10 nitrogen and oxygen atoms in total. The molecular weight excluding hydrogens is 573 g/mol. The number of ether oxygens (including phenoxy) is 2. The van der Waals surface area contributed by atoms with E-state index in [1.54, 1.807) is 6.92 Å². The first kappa shape index (κ1) is 28.3. The van der Waals surface area contributed by atoms with Crippen LogP contribution in [0, 0.1) is 6.92 Å². The van der Waals surface area contributed by atoms with Crippen LogP contribution in [0.25, 0.3) is 0 Å². The van der Waals surface area contributed by atoms with Crippen molar-refractivity contribution in [3.63, 3.8) is 0 Å². The highest BCUT2D eigenvalue weighted by Gasteiger charge is 2.65. The van der Waals surface area contributed by atoms with Crippen molar-refractivity contribution in [3.05, 3.63) is 93.3 Å². The molecule has 42 heavy (non-hydrogen) atoms. The maximum absolute atomic E-state index is 12.7. The van der Waals surface area contributed by atoms with Gasteiger partial charge >= 0.3 is 5.69 Å². The first-order valence-corrected chi connectivity index (χ1v) is 18.4. The van der Waals surface area contributed by atoms with E-state index in [0.29, 0.717) is 5.56 Å². The molecule has 1 unspecified atom stereocenters. The highest BCUT2D eigenvalue weighted by atomic mass is 31.2. The average molecular weight is 610 g/mol. The third kappa shape index (κ3) is 4.58. The van der Waals surface area contributed by atoms with Crippen LogP contribution in [0.2, 0.25) is 12.6 Å². The molecule has 4 aliphatic heterocycles. The second kappa shape index (κ2) is 10.9. The standard InChI is InChI=1S/C30H36N3O7PSi/c1-20-16-32(29(36)31-27(20)35)28-25-26(30(18-34,38-28)19-37-25)40-41-33-15-9-14-23(33)24(39-41)17-42(2,21-10-5-3-6-11-21)22-12-7-4-8-13-22/h3-8,10-13,16,23-26,28,34H,9,14-15,17-19H2,1-2H3,(H,31,35,36)/t23-,24+,25-,26?,28+,30+,41+/m0/s1. The molecule has 7 rings (SSSR count). The fourth-order valence-corrected chi connectivity index (χ4v) is 13.1. The highest BCUT2D eigenvalue weighted by Crippen LogP contribution is 2.60.